The molecule has 1 unspecified atom stereocenters. The zero-order chi connectivity index (χ0) is 15.5. The zero-order valence-corrected chi connectivity index (χ0v) is 13.0. The van der Waals surface area contributed by atoms with Crippen LogP contribution in [0.2, 0.25) is 5.02 Å². The molecule has 1 aromatic carbocycles. The Morgan fingerprint density at radius 3 is 2.55 bits per heavy atom. The van der Waals surface area contributed by atoms with E-state index in [0.29, 0.717) is 16.4 Å². The predicted octanol–water partition coefficient (Wildman–Crippen LogP) is 3.31. The molecule has 0 aliphatic rings. The Balaban J connectivity index is 1.94. The summed E-state index contributed by atoms with van der Waals surface area (Å²) in [5, 5.41) is 0.675. The lowest BCUT2D eigenvalue weighted by Gasteiger charge is -2.08. The van der Waals surface area contributed by atoms with E-state index in [-0.39, 0.29) is 5.75 Å². The Labute approximate surface area is 134 Å². The van der Waals surface area contributed by atoms with Gasteiger partial charge in [-0.25, -0.2) is 14.2 Å². The number of rotatable bonds is 4. The number of pyridine rings is 1. The fourth-order valence-corrected chi connectivity index (χ4v) is 2.68. The van der Waals surface area contributed by atoms with Crippen molar-refractivity contribution in [3.05, 3.63) is 65.7 Å². The summed E-state index contributed by atoms with van der Waals surface area (Å²) < 4.78 is 21.5. The maximum atomic E-state index is 10.8. The van der Waals surface area contributed by atoms with Gasteiger partial charge in [-0.3, -0.25) is 4.57 Å². The molecule has 22 heavy (non-hydrogen) atoms. The summed E-state index contributed by atoms with van der Waals surface area (Å²) in [6.07, 6.45) is 5.02. The molecule has 0 bridgehead atoms. The van der Waals surface area contributed by atoms with Gasteiger partial charge in [0.05, 0.1) is 17.6 Å². The number of nitrogens with zero attached hydrogens (tertiary/aromatic N) is 3. The monoisotopic (exact) mass is 333 g/mol. The van der Waals surface area contributed by atoms with Gasteiger partial charge in [-0.2, -0.15) is 0 Å². The predicted molar refractivity (Wildman–Crippen MR) is 86.3 cm³/mol. The molecule has 1 N–H and O–H groups in total. The third kappa shape index (κ3) is 3.24. The molecule has 2 aromatic heterocycles. The molecule has 2 heterocycles. The van der Waals surface area contributed by atoms with Gasteiger partial charge in [0.1, 0.15) is 12.1 Å². The highest BCUT2D eigenvalue weighted by Crippen LogP contribution is 2.23. The lowest BCUT2D eigenvalue weighted by Crippen LogP contribution is -2.00. The Kier molecular flexibility index (Phi) is 4.33. The summed E-state index contributed by atoms with van der Waals surface area (Å²) >= 11 is 4.04. The number of hydrogen-bond donors (Lipinski definition) is 1. The first-order valence-electron chi connectivity index (χ1n) is 6.44. The fraction of sp³-hybridized carbons (Fsp3) is 0.0667. The number of benzene rings is 1. The van der Waals surface area contributed by atoms with Crippen molar-refractivity contribution in [3.8, 4) is 17.1 Å². The molecule has 5 nitrogen and oxygen atoms in total. The average Bonchev–Trinajstić information content (AvgIpc) is 2.97. The van der Waals surface area contributed by atoms with Gasteiger partial charge in [0.25, 0.3) is 0 Å². The third-order valence-electron chi connectivity index (χ3n) is 3.12. The first kappa shape index (κ1) is 14.9. The molecule has 0 radical (unpaired) electrons. The molecule has 0 fully saturated rings. The van der Waals surface area contributed by atoms with E-state index in [0.717, 1.165) is 11.3 Å². The van der Waals surface area contributed by atoms with Crippen molar-refractivity contribution in [2.24, 2.45) is 0 Å². The minimum atomic E-state index is -1.87. The van der Waals surface area contributed by atoms with Crippen LogP contribution >= 0.6 is 11.6 Å². The van der Waals surface area contributed by atoms with Gasteiger partial charge in [-0.1, -0.05) is 29.8 Å². The van der Waals surface area contributed by atoms with Crippen molar-refractivity contribution in [3.63, 3.8) is 0 Å². The summed E-state index contributed by atoms with van der Waals surface area (Å²) in [6, 6.07) is 11.0. The van der Waals surface area contributed by atoms with Crippen LogP contribution in [0.15, 0.2) is 55.1 Å². The molecule has 0 saturated heterocycles. The van der Waals surface area contributed by atoms with E-state index >= 15 is 0 Å². The van der Waals surface area contributed by atoms with Gasteiger partial charge in [0, 0.05) is 16.8 Å². The van der Waals surface area contributed by atoms with Crippen LogP contribution in [0.1, 0.15) is 5.56 Å². The van der Waals surface area contributed by atoms with E-state index in [1.54, 1.807) is 30.9 Å². The second kappa shape index (κ2) is 6.39. The molecule has 3 aromatic rings. The molecule has 3 rings (SSSR count). The highest BCUT2D eigenvalue weighted by Gasteiger charge is 2.08. The van der Waals surface area contributed by atoms with Crippen LogP contribution in [0.3, 0.4) is 0 Å². The topological polar surface area (TPSA) is 68.0 Å². The van der Waals surface area contributed by atoms with Crippen molar-refractivity contribution in [2.75, 3.05) is 0 Å². The Morgan fingerprint density at radius 1 is 1.14 bits per heavy atom. The number of aromatic nitrogens is 3. The number of imidazole rings is 1. The summed E-state index contributed by atoms with van der Waals surface area (Å²) in [4.78, 5) is 8.50. The smallest absolute Gasteiger partial charge is 0.157 e. The lowest BCUT2D eigenvalue weighted by atomic mass is 10.1. The Hall–Kier alpha value is -2.02. The van der Waals surface area contributed by atoms with Gasteiger partial charge in [0.2, 0.25) is 0 Å². The summed E-state index contributed by atoms with van der Waals surface area (Å²) in [6.45, 7) is 0. The van der Waals surface area contributed by atoms with Crippen LogP contribution in [-0.2, 0) is 16.8 Å². The maximum absolute atomic E-state index is 10.8. The summed E-state index contributed by atoms with van der Waals surface area (Å²) in [5.74, 6) is 0.760. The molecule has 1 atom stereocenters. The van der Waals surface area contributed by atoms with Crippen LogP contribution < -0.4 is 0 Å². The quantitative estimate of drug-likeness (QED) is 0.744. The molecule has 0 aliphatic carbocycles. The molecular formula is C15H12ClN3O2S. The molecule has 0 amide bonds. The van der Waals surface area contributed by atoms with Crippen LogP contribution in [0, 0.1) is 0 Å². The molecule has 7 heteroatoms. The van der Waals surface area contributed by atoms with Crippen molar-refractivity contribution >= 4 is 22.7 Å². The van der Waals surface area contributed by atoms with Gasteiger partial charge < -0.3 is 4.55 Å². The van der Waals surface area contributed by atoms with Crippen LogP contribution in [0.4, 0.5) is 0 Å². The number of halogens is 1. The highest BCUT2D eigenvalue weighted by molar-refractivity contribution is 7.78. The molecule has 112 valence electrons. The van der Waals surface area contributed by atoms with Crippen LogP contribution in [-0.4, -0.2) is 23.3 Å². The number of hydrogen-bond acceptors (Lipinski definition) is 3. The Morgan fingerprint density at radius 2 is 1.91 bits per heavy atom. The molecule has 0 saturated carbocycles. The van der Waals surface area contributed by atoms with E-state index in [9.17, 15) is 4.21 Å². The Bertz CT molecular complexity index is 800. The van der Waals surface area contributed by atoms with E-state index in [1.807, 2.05) is 28.8 Å². The third-order valence-corrected chi connectivity index (χ3v) is 3.96. The summed E-state index contributed by atoms with van der Waals surface area (Å²) in [7, 11) is 0. The minimum Gasteiger partial charge on any atom is -0.306 e. The van der Waals surface area contributed by atoms with Gasteiger partial charge in [-0.05, 0) is 23.8 Å². The minimum absolute atomic E-state index is 0.0707. The SMILES string of the molecule is O=S(O)Cc1ccc(-n2cncc2-c2ccc(Cl)cc2)nc1. The van der Waals surface area contributed by atoms with E-state index in [1.165, 1.54) is 0 Å². The fourth-order valence-electron chi connectivity index (χ4n) is 2.10. The van der Waals surface area contributed by atoms with Crippen molar-refractivity contribution in [1.82, 2.24) is 14.5 Å². The standard InChI is InChI=1S/C15H12ClN3O2S/c16-13-4-2-12(3-5-13)14-8-17-10-19(14)15-6-1-11(7-18-15)9-22(20)21/h1-8,10H,9H2,(H,20,21). The zero-order valence-electron chi connectivity index (χ0n) is 11.4. The molecule has 0 spiro atoms. The first-order valence-corrected chi connectivity index (χ1v) is 8.10. The van der Waals surface area contributed by atoms with E-state index in [4.69, 9.17) is 16.2 Å². The normalized spacial score (nSPS) is 12.3. The highest BCUT2D eigenvalue weighted by atomic mass is 35.5. The van der Waals surface area contributed by atoms with Crippen molar-refractivity contribution in [2.45, 2.75) is 5.75 Å². The average molecular weight is 334 g/mol. The van der Waals surface area contributed by atoms with E-state index < -0.39 is 11.1 Å². The summed E-state index contributed by atoms with van der Waals surface area (Å²) in [5.41, 5.74) is 2.57. The second-order valence-electron chi connectivity index (χ2n) is 4.65. The van der Waals surface area contributed by atoms with E-state index in [2.05, 4.69) is 9.97 Å². The van der Waals surface area contributed by atoms with Crippen molar-refractivity contribution < 1.29 is 8.76 Å². The van der Waals surface area contributed by atoms with Crippen LogP contribution in [0.25, 0.3) is 17.1 Å². The largest absolute Gasteiger partial charge is 0.306 e. The van der Waals surface area contributed by atoms with Gasteiger partial charge >= 0.3 is 0 Å². The van der Waals surface area contributed by atoms with Gasteiger partial charge in [0.15, 0.2) is 11.1 Å². The van der Waals surface area contributed by atoms with Crippen molar-refractivity contribution in [1.29, 1.82) is 0 Å². The second-order valence-corrected chi connectivity index (χ2v) is 6.01. The molecule has 0 aliphatic heterocycles. The molecular weight excluding hydrogens is 322 g/mol. The first-order chi connectivity index (χ1) is 10.6. The maximum Gasteiger partial charge on any atom is 0.157 e. The van der Waals surface area contributed by atoms with Gasteiger partial charge in [-0.15, -0.1) is 0 Å². The lowest BCUT2D eigenvalue weighted by molar-refractivity contribution is 0.563. The van der Waals surface area contributed by atoms with Crippen LogP contribution in [0.5, 0.6) is 0 Å².